The monoisotopic (exact) mass is 343 g/mol. The van der Waals surface area contributed by atoms with E-state index in [1.165, 1.54) is 0 Å². The van der Waals surface area contributed by atoms with Crippen molar-refractivity contribution in [3.05, 3.63) is 58.6 Å². The number of ether oxygens (including phenoxy) is 1. The largest absolute Gasteiger partial charge is 0.425 e. The number of fused-ring (bicyclic) bond motifs is 1. The standard InChI is InChI=1S/C19H18ClNO3/c1-12-6-8-15(20)17(10-12)24-18(22)9-7-14-11-13-4-2-3-5-16(13)21-19(14)23/h2-6,8,10,14H,7,9,11H2,1H3,(H,21,23). The van der Waals surface area contributed by atoms with E-state index in [2.05, 4.69) is 5.32 Å². The van der Waals surface area contributed by atoms with E-state index in [0.717, 1.165) is 16.8 Å². The summed E-state index contributed by atoms with van der Waals surface area (Å²) >= 11 is 6.03. The van der Waals surface area contributed by atoms with Crippen molar-refractivity contribution >= 4 is 29.2 Å². The number of esters is 1. The Balaban J connectivity index is 1.59. The van der Waals surface area contributed by atoms with Crippen LogP contribution in [-0.2, 0) is 16.0 Å². The number of amides is 1. The van der Waals surface area contributed by atoms with Gasteiger partial charge in [-0.1, -0.05) is 35.9 Å². The van der Waals surface area contributed by atoms with Gasteiger partial charge in [0.2, 0.25) is 5.91 Å². The third kappa shape index (κ3) is 3.77. The minimum Gasteiger partial charge on any atom is -0.425 e. The number of anilines is 1. The number of hydrogen-bond acceptors (Lipinski definition) is 3. The van der Waals surface area contributed by atoms with Gasteiger partial charge >= 0.3 is 5.97 Å². The van der Waals surface area contributed by atoms with Crippen molar-refractivity contribution in [2.75, 3.05) is 5.32 Å². The minimum absolute atomic E-state index is 0.0462. The normalized spacial score (nSPS) is 16.2. The molecule has 0 fully saturated rings. The van der Waals surface area contributed by atoms with Crippen LogP contribution in [0.4, 0.5) is 5.69 Å². The SMILES string of the molecule is Cc1ccc(Cl)c(OC(=O)CCC2Cc3ccccc3NC2=O)c1. The van der Waals surface area contributed by atoms with Gasteiger partial charge in [0.05, 0.1) is 5.02 Å². The molecule has 2 aromatic carbocycles. The third-order valence-corrected chi connectivity index (χ3v) is 4.43. The Morgan fingerprint density at radius 3 is 2.92 bits per heavy atom. The van der Waals surface area contributed by atoms with Crippen LogP contribution in [0.25, 0.3) is 0 Å². The van der Waals surface area contributed by atoms with Gasteiger partial charge in [-0.05, 0) is 49.1 Å². The van der Waals surface area contributed by atoms with E-state index in [1.54, 1.807) is 12.1 Å². The second kappa shape index (κ2) is 7.05. The molecule has 4 nitrogen and oxygen atoms in total. The van der Waals surface area contributed by atoms with E-state index < -0.39 is 0 Å². The number of benzene rings is 2. The lowest BCUT2D eigenvalue weighted by Crippen LogP contribution is -2.30. The summed E-state index contributed by atoms with van der Waals surface area (Å²) in [7, 11) is 0. The van der Waals surface area contributed by atoms with Crippen LogP contribution in [-0.4, -0.2) is 11.9 Å². The highest BCUT2D eigenvalue weighted by Crippen LogP contribution is 2.29. The summed E-state index contributed by atoms with van der Waals surface area (Å²) in [6.07, 6.45) is 1.26. The van der Waals surface area contributed by atoms with Gasteiger partial charge in [-0.3, -0.25) is 9.59 Å². The molecule has 124 valence electrons. The van der Waals surface area contributed by atoms with Crippen molar-refractivity contribution < 1.29 is 14.3 Å². The Bertz CT molecular complexity index is 788. The van der Waals surface area contributed by atoms with Crippen LogP contribution in [0.15, 0.2) is 42.5 Å². The Morgan fingerprint density at radius 1 is 1.29 bits per heavy atom. The first-order valence-corrected chi connectivity index (χ1v) is 8.26. The number of nitrogens with one attached hydrogen (secondary N) is 1. The Labute approximate surface area is 145 Å². The van der Waals surface area contributed by atoms with Crippen molar-refractivity contribution in [1.29, 1.82) is 0 Å². The smallest absolute Gasteiger partial charge is 0.311 e. The molecule has 2 aromatic rings. The second-order valence-corrected chi connectivity index (χ2v) is 6.40. The summed E-state index contributed by atoms with van der Waals surface area (Å²) in [4.78, 5) is 24.2. The van der Waals surface area contributed by atoms with Gasteiger partial charge in [-0.2, -0.15) is 0 Å². The molecule has 1 amide bonds. The number of hydrogen-bond donors (Lipinski definition) is 1. The lowest BCUT2D eigenvalue weighted by molar-refractivity contribution is -0.134. The van der Waals surface area contributed by atoms with Crippen LogP contribution in [0.1, 0.15) is 24.0 Å². The summed E-state index contributed by atoms with van der Waals surface area (Å²) in [6.45, 7) is 1.90. The van der Waals surface area contributed by atoms with Gasteiger partial charge in [0, 0.05) is 18.0 Å². The van der Waals surface area contributed by atoms with E-state index in [9.17, 15) is 9.59 Å². The molecule has 1 unspecified atom stereocenters. The molecule has 0 bridgehead atoms. The Hall–Kier alpha value is -2.33. The number of rotatable bonds is 4. The van der Waals surface area contributed by atoms with Gasteiger partial charge in [0.25, 0.3) is 0 Å². The van der Waals surface area contributed by atoms with E-state index in [4.69, 9.17) is 16.3 Å². The van der Waals surface area contributed by atoms with Crippen molar-refractivity contribution in [3.63, 3.8) is 0 Å². The summed E-state index contributed by atoms with van der Waals surface area (Å²) in [5.74, 6) is -0.287. The first-order chi connectivity index (χ1) is 11.5. The quantitative estimate of drug-likeness (QED) is 0.670. The highest BCUT2D eigenvalue weighted by atomic mass is 35.5. The maximum Gasteiger partial charge on any atom is 0.311 e. The summed E-state index contributed by atoms with van der Waals surface area (Å²) in [5, 5.41) is 3.29. The number of carbonyl (C=O) groups excluding carboxylic acids is 2. The molecule has 1 heterocycles. The van der Waals surface area contributed by atoms with Crippen LogP contribution in [0.5, 0.6) is 5.75 Å². The number of halogens is 1. The molecule has 1 aliphatic heterocycles. The highest BCUT2D eigenvalue weighted by Gasteiger charge is 2.26. The predicted octanol–water partition coefficient (Wildman–Crippen LogP) is 4.15. The topological polar surface area (TPSA) is 55.4 Å². The molecule has 5 heteroatoms. The molecule has 0 saturated carbocycles. The fraction of sp³-hybridized carbons (Fsp3) is 0.263. The average Bonchev–Trinajstić information content (AvgIpc) is 2.56. The molecule has 3 rings (SSSR count). The number of carbonyl (C=O) groups is 2. The number of aryl methyl sites for hydroxylation is 1. The lowest BCUT2D eigenvalue weighted by Gasteiger charge is -2.24. The summed E-state index contributed by atoms with van der Waals surface area (Å²) in [5.41, 5.74) is 2.91. The van der Waals surface area contributed by atoms with Gasteiger partial charge in [-0.15, -0.1) is 0 Å². The zero-order valence-corrected chi connectivity index (χ0v) is 14.1. The van der Waals surface area contributed by atoms with Crippen LogP contribution in [0.2, 0.25) is 5.02 Å². The van der Waals surface area contributed by atoms with Gasteiger partial charge in [0.1, 0.15) is 5.75 Å². The maximum absolute atomic E-state index is 12.1. The van der Waals surface area contributed by atoms with Crippen molar-refractivity contribution in [2.24, 2.45) is 5.92 Å². The van der Waals surface area contributed by atoms with Crippen LogP contribution < -0.4 is 10.1 Å². The van der Waals surface area contributed by atoms with Crippen molar-refractivity contribution in [1.82, 2.24) is 0 Å². The third-order valence-electron chi connectivity index (χ3n) is 4.12. The van der Waals surface area contributed by atoms with Crippen molar-refractivity contribution in [3.8, 4) is 5.75 Å². The molecule has 0 radical (unpaired) electrons. The lowest BCUT2D eigenvalue weighted by atomic mass is 9.90. The number of para-hydroxylation sites is 1. The minimum atomic E-state index is -0.380. The van der Waals surface area contributed by atoms with Gasteiger partial charge in [-0.25, -0.2) is 0 Å². The van der Waals surface area contributed by atoms with Crippen LogP contribution >= 0.6 is 11.6 Å². The molecule has 0 saturated heterocycles. The van der Waals surface area contributed by atoms with Gasteiger partial charge < -0.3 is 10.1 Å². The zero-order chi connectivity index (χ0) is 17.1. The first kappa shape index (κ1) is 16.5. The fourth-order valence-corrected chi connectivity index (χ4v) is 2.96. The molecule has 1 aliphatic rings. The van der Waals surface area contributed by atoms with E-state index in [0.29, 0.717) is 23.6 Å². The van der Waals surface area contributed by atoms with E-state index >= 15 is 0 Å². The summed E-state index contributed by atoms with van der Waals surface area (Å²) in [6, 6.07) is 13.0. The van der Waals surface area contributed by atoms with Crippen molar-refractivity contribution in [2.45, 2.75) is 26.2 Å². The maximum atomic E-state index is 12.1. The van der Waals surface area contributed by atoms with E-state index in [-0.39, 0.29) is 24.2 Å². The highest BCUT2D eigenvalue weighted by molar-refractivity contribution is 6.32. The molecule has 24 heavy (non-hydrogen) atoms. The van der Waals surface area contributed by atoms with Crippen LogP contribution in [0, 0.1) is 12.8 Å². The zero-order valence-electron chi connectivity index (χ0n) is 13.3. The molecular formula is C19H18ClNO3. The first-order valence-electron chi connectivity index (χ1n) is 7.88. The van der Waals surface area contributed by atoms with Gasteiger partial charge in [0.15, 0.2) is 0 Å². The Morgan fingerprint density at radius 2 is 2.08 bits per heavy atom. The molecule has 0 aliphatic carbocycles. The fourth-order valence-electron chi connectivity index (χ4n) is 2.80. The molecule has 1 N–H and O–H groups in total. The summed E-state index contributed by atoms with van der Waals surface area (Å²) < 4.78 is 5.32. The molecule has 0 aromatic heterocycles. The molecule has 1 atom stereocenters. The molecular weight excluding hydrogens is 326 g/mol. The predicted molar refractivity (Wildman–Crippen MR) is 93.3 cm³/mol. The van der Waals surface area contributed by atoms with Crippen LogP contribution in [0.3, 0.4) is 0 Å². The van der Waals surface area contributed by atoms with E-state index in [1.807, 2.05) is 37.3 Å². The molecule has 0 spiro atoms. The Kier molecular flexibility index (Phi) is 4.86. The average molecular weight is 344 g/mol. The second-order valence-electron chi connectivity index (χ2n) is 5.99.